The number of hydrogen-bond acceptors (Lipinski definition) is 7. The number of ether oxygens (including phenoxy) is 3. The van der Waals surface area contributed by atoms with Crippen molar-refractivity contribution in [3.63, 3.8) is 0 Å². The summed E-state index contributed by atoms with van der Waals surface area (Å²) in [7, 11) is 0. The predicted octanol–water partition coefficient (Wildman–Crippen LogP) is 1.06. The minimum atomic E-state index is -1.67. The van der Waals surface area contributed by atoms with Crippen LogP contribution < -0.4 is 0 Å². The molecule has 7 nitrogen and oxygen atoms in total. The standard InChI is InChI=1S/C17H21NO6/c1-4-22-13-12(19)16(14(20)23-5-2)10-8-7-9-11(10)17(16,18-13)15(21)24-6-3/h7,9-11H,4-6,8H2,1-3H3/t10-,11+,16+,17-/m0/s1. The first-order valence-corrected chi connectivity index (χ1v) is 8.30. The van der Waals surface area contributed by atoms with Gasteiger partial charge in [-0.15, -0.1) is 0 Å². The first kappa shape index (κ1) is 16.7. The molecule has 0 aromatic heterocycles. The summed E-state index contributed by atoms with van der Waals surface area (Å²) in [6, 6.07) is 0. The molecule has 0 saturated heterocycles. The fraction of sp³-hybridized carbons (Fsp3) is 0.647. The molecule has 2 aliphatic carbocycles. The second-order valence-corrected chi connectivity index (χ2v) is 5.99. The Hall–Kier alpha value is -2.18. The van der Waals surface area contributed by atoms with Gasteiger partial charge in [0.15, 0.2) is 11.0 Å². The third kappa shape index (κ3) is 1.67. The van der Waals surface area contributed by atoms with Crippen molar-refractivity contribution in [2.75, 3.05) is 19.8 Å². The van der Waals surface area contributed by atoms with Gasteiger partial charge >= 0.3 is 11.9 Å². The molecule has 0 spiro atoms. The highest BCUT2D eigenvalue weighted by atomic mass is 16.5. The van der Waals surface area contributed by atoms with Gasteiger partial charge in [-0.25, -0.2) is 9.79 Å². The van der Waals surface area contributed by atoms with Crippen LogP contribution in [-0.2, 0) is 28.6 Å². The van der Waals surface area contributed by atoms with E-state index in [0.29, 0.717) is 6.42 Å². The zero-order valence-corrected chi connectivity index (χ0v) is 14.0. The van der Waals surface area contributed by atoms with Crippen molar-refractivity contribution in [1.82, 2.24) is 0 Å². The molecule has 1 saturated carbocycles. The molecule has 0 amide bonds. The Morgan fingerprint density at radius 1 is 1.17 bits per heavy atom. The van der Waals surface area contributed by atoms with E-state index in [1.165, 1.54) is 0 Å². The Labute approximate surface area is 140 Å². The molecule has 0 unspecified atom stereocenters. The molecule has 4 atom stereocenters. The Kier molecular flexibility index (Phi) is 3.97. The minimum Gasteiger partial charge on any atom is -0.476 e. The Bertz CT molecular complexity index is 653. The van der Waals surface area contributed by atoms with Crippen LogP contribution in [0.3, 0.4) is 0 Å². The van der Waals surface area contributed by atoms with E-state index in [2.05, 4.69) is 4.99 Å². The van der Waals surface area contributed by atoms with Crippen LogP contribution in [0.2, 0.25) is 0 Å². The highest BCUT2D eigenvalue weighted by molar-refractivity contribution is 6.47. The first-order valence-electron chi connectivity index (χ1n) is 8.30. The number of esters is 2. The fourth-order valence-corrected chi connectivity index (χ4v) is 4.33. The maximum atomic E-state index is 13.1. The largest absolute Gasteiger partial charge is 0.476 e. The molecule has 130 valence electrons. The zero-order valence-electron chi connectivity index (χ0n) is 14.0. The van der Waals surface area contributed by atoms with Gasteiger partial charge in [0.1, 0.15) is 0 Å². The van der Waals surface area contributed by atoms with Crippen molar-refractivity contribution >= 4 is 23.6 Å². The smallest absolute Gasteiger partial charge is 0.336 e. The van der Waals surface area contributed by atoms with Crippen LogP contribution in [0.15, 0.2) is 17.1 Å². The van der Waals surface area contributed by atoms with Crippen LogP contribution in [0.4, 0.5) is 0 Å². The number of Topliss-reactive ketones (excluding diaryl/α,β-unsaturated/α-hetero) is 1. The van der Waals surface area contributed by atoms with Crippen molar-refractivity contribution in [2.24, 2.45) is 22.2 Å². The third-order valence-electron chi connectivity index (χ3n) is 5.10. The molecular formula is C17H21NO6. The van der Waals surface area contributed by atoms with Gasteiger partial charge in [-0.05, 0) is 33.1 Å². The van der Waals surface area contributed by atoms with E-state index < -0.39 is 28.7 Å². The molecular weight excluding hydrogens is 314 g/mol. The maximum absolute atomic E-state index is 13.1. The molecule has 1 heterocycles. The van der Waals surface area contributed by atoms with E-state index in [-0.39, 0.29) is 37.6 Å². The lowest BCUT2D eigenvalue weighted by Gasteiger charge is -2.56. The van der Waals surface area contributed by atoms with E-state index in [4.69, 9.17) is 14.2 Å². The lowest BCUT2D eigenvalue weighted by Crippen LogP contribution is -2.76. The second kappa shape index (κ2) is 5.72. The van der Waals surface area contributed by atoms with Gasteiger partial charge in [0.05, 0.1) is 19.8 Å². The summed E-state index contributed by atoms with van der Waals surface area (Å²) in [6.45, 7) is 5.51. The Balaban J connectivity index is 2.17. The van der Waals surface area contributed by atoms with Crippen molar-refractivity contribution < 1.29 is 28.6 Å². The highest BCUT2D eigenvalue weighted by Gasteiger charge is 2.87. The summed E-state index contributed by atoms with van der Waals surface area (Å²) in [4.78, 5) is 43.0. The maximum Gasteiger partial charge on any atom is 0.336 e. The van der Waals surface area contributed by atoms with Crippen LogP contribution >= 0.6 is 0 Å². The molecule has 0 radical (unpaired) electrons. The molecule has 1 fully saturated rings. The molecule has 0 aromatic carbocycles. The summed E-state index contributed by atoms with van der Waals surface area (Å²) in [6.07, 6.45) is 4.23. The highest BCUT2D eigenvalue weighted by Crippen LogP contribution is 2.68. The summed E-state index contributed by atoms with van der Waals surface area (Å²) < 4.78 is 15.7. The van der Waals surface area contributed by atoms with Gasteiger partial charge in [0.25, 0.3) is 5.90 Å². The minimum absolute atomic E-state index is 0.113. The number of fused-ring (bicyclic) bond motifs is 4. The van der Waals surface area contributed by atoms with Crippen LogP contribution in [0, 0.1) is 17.3 Å². The summed E-state index contributed by atoms with van der Waals surface area (Å²) in [5, 5.41) is 0. The zero-order chi connectivity index (χ0) is 17.5. The van der Waals surface area contributed by atoms with Gasteiger partial charge in [-0.2, -0.15) is 0 Å². The predicted molar refractivity (Wildman–Crippen MR) is 83.2 cm³/mol. The van der Waals surface area contributed by atoms with Gasteiger partial charge in [-0.3, -0.25) is 9.59 Å². The lowest BCUT2D eigenvalue weighted by molar-refractivity contribution is -0.200. The summed E-state index contributed by atoms with van der Waals surface area (Å²) >= 11 is 0. The van der Waals surface area contributed by atoms with Crippen molar-refractivity contribution in [3.05, 3.63) is 12.2 Å². The van der Waals surface area contributed by atoms with Gasteiger partial charge in [0, 0.05) is 5.92 Å². The first-order chi connectivity index (χ1) is 11.5. The normalized spacial score (nSPS) is 35.6. The number of nitrogens with zero attached hydrogens (tertiary/aromatic N) is 1. The number of hydrogen-bond donors (Lipinski definition) is 0. The second-order valence-electron chi connectivity index (χ2n) is 5.99. The average Bonchev–Trinajstić information content (AvgIpc) is 3.05. The number of carbonyl (C=O) groups excluding carboxylic acids is 3. The number of aliphatic imine (C=N–C) groups is 1. The van der Waals surface area contributed by atoms with Crippen molar-refractivity contribution in [3.8, 4) is 0 Å². The number of allylic oxidation sites excluding steroid dienone is 1. The molecule has 24 heavy (non-hydrogen) atoms. The van der Waals surface area contributed by atoms with Gasteiger partial charge in [0.2, 0.25) is 5.78 Å². The monoisotopic (exact) mass is 335 g/mol. The molecule has 3 rings (SSSR count). The van der Waals surface area contributed by atoms with Crippen molar-refractivity contribution in [1.29, 1.82) is 0 Å². The molecule has 1 aliphatic heterocycles. The SMILES string of the molecule is CCOC(=O)[C@@]12C(=O)C(OCC)=N[C@]1(C(=O)OCC)[C@@H]1C=CC[C@@H]12. The molecule has 0 bridgehead atoms. The Morgan fingerprint density at radius 2 is 1.83 bits per heavy atom. The Morgan fingerprint density at radius 3 is 2.46 bits per heavy atom. The average molecular weight is 335 g/mol. The molecule has 0 N–H and O–H groups in total. The number of rotatable bonds is 5. The summed E-state index contributed by atoms with van der Waals surface area (Å²) in [5.41, 5.74) is -3.28. The van der Waals surface area contributed by atoms with Gasteiger partial charge < -0.3 is 14.2 Å². The fourth-order valence-electron chi connectivity index (χ4n) is 4.33. The molecule has 7 heteroatoms. The van der Waals surface area contributed by atoms with E-state index in [9.17, 15) is 14.4 Å². The number of ketones is 1. The quantitative estimate of drug-likeness (QED) is 0.424. The number of carbonyl (C=O) groups is 3. The van der Waals surface area contributed by atoms with E-state index in [1.54, 1.807) is 20.8 Å². The van der Waals surface area contributed by atoms with Crippen LogP contribution in [0.5, 0.6) is 0 Å². The third-order valence-corrected chi connectivity index (χ3v) is 5.10. The molecule has 0 aromatic rings. The van der Waals surface area contributed by atoms with Gasteiger partial charge in [-0.1, -0.05) is 12.2 Å². The van der Waals surface area contributed by atoms with Crippen LogP contribution in [0.1, 0.15) is 27.2 Å². The topological polar surface area (TPSA) is 91.3 Å². The van der Waals surface area contributed by atoms with E-state index in [0.717, 1.165) is 0 Å². The van der Waals surface area contributed by atoms with Crippen LogP contribution in [0.25, 0.3) is 0 Å². The van der Waals surface area contributed by atoms with E-state index in [1.807, 2.05) is 12.2 Å². The van der Waals surface area contributed by atoms with Crippen molar-refractivity contribution in [2.45, 2.75) is 32.7 Å². The van der Waals surface area contributed by atoms with E-state index >= 15 is 0 Å². The lowest BCUT2D eigenvalue weighted by atomic mass is 9.42. The summed E-state index contributed by atoms with van der Waals surface area (Å²) in [5.74, 6) is -2.85. The molecule has 3 aliphatic rings. The van der Waals surface area contributed by atoms with Crippen LogP contribution in [-0.4, -0.2) is 49.0 Å².